The molecule has 170 valence electrons. The molecule has 1 amide bonds. The molecule has 0 unspecified atom stereocenters. The minimum Gasteiger partial charge on any atom is -0.379 e. The number of H-pyrrole nitrogens is 1. The molecule has 1 fully saturated rings. The van der Waals surface area contributed by atoms with Gasteiger partial charge in [-0.15, -0.1) is 0 Å². The van der Waals surface area contributed by atoms with Crippen LogP contribution in [0.25, 0.3) is 16.6 Å². The lowest BCUT2D eigenvalue weighted by molar-refractivity contribution is 0.0729. The molecule has 4 aromatic rings. The Kier molecular flexibility index (Phi) is 5.19. The minimum atomic E-state index is -4.11. The van der Waals surface area contributed by atoms with Crippen molar-refractivity contribution in [1.29, 1.82) is 0 Å². The summed E-state index contributed by atoms with van der Waals surface area (Å²) in [4.78, 5) is 27.4. The number of hydrogen-bond donors (Lipinski definition) is 2. The first-order valence-electron chi connectivity index (χ1n) is 10.0. The molecule has 1 aliphatic rings. The summed E-state index contributed by atoms with van der Waals surface area (Å²) in [5, 5.41) is 7.17. The third-order valence-electron chi connectivity index (χ3n) is 5.40. The molecule has 0 radical (unpaired) electrons. The maximum Gasteiger partial charge on any atom is 0.261 e. The lowest BCUT2D eigenvalue weighted by Gasteiger charge is -2.26. The fraction of sp³-hybridized carbons (Fsp3) is 0.190. The van der Waals surface area contributed by atoms with Crippen LogP contribution in [0.4, 0.5) is 10.1 Å². The molecular weight excluding hydrogens is 453 g/mol. The van der Waals surface area contributed by atoms with Crippen molar-refractivity contribution in [1.82, 2.24) is 18.9 Å². The molecule has 2 aromatic carbocycles. The predicted octanol–water partition coefficient (Wildman–Crippen LogP) is 1.59. The number of aromatic nitrogens is 3. The fourth-order valence-electron chi connectivity index (χ4n) is 3.75. The molecule has 0 bridgehead atoms. The molecule has 0 atom stereocenters. The number of sulfonamides is 1. The number of fused-ring (bicyclic) bond motifs is 3. The summed E-state index contributed by atoms with van der Waals surface area (Å²) in [6, 6.07) is 10.1. The quantitative estimate of drug-likeness (QED) is 0.466. The van der Waals surface area contributed by atoms with E-state index in [2.05, 4.69) is 15.4 Å². The smallest absolute Gasteiger partial charge is 0.261 e. The van der Waals surface area contributed by atoms with Crippen LogP contribution >= 0.6 is 0 Å². The largest absolute Gasteiger partial charge is 0.379 e. The van der Waals surface area contributed by atoms with E-state index in [0.29, 0.717) is 10.9 Å². The van der Waals surface area contributed by atoms with Crippen LogP contribution in [0.5, 0.6) is 0 Å². The van der Waals surface area contributed by atoms with Crippen LogP contribution in [0.2, 0.25) is 0 Å². The lowest BCUT2D eigenvalue weighted by atomic mass is 10.2. The van der Waals surface area contributed by atoms with Crippen LogP contribution in [0, 0.1) is 5.82 Å². The van der Waals surface area contributed by atoms with Crippen LogP contribution in [0.15, 0.2) is 58.4 Å². The van der Waals surface area contributed by atoms with Gasteiger partial charge in [0.15, 0.2) is 0 Å². The summed E-state index contributed by atoms with van der Waals surface area (Å²) in [6.45, 7) is 0.669. The standard InChI is InChI=1S/C21H18FN5O5S/c22-16-6-5-13(11-18(16)33(30,31)26-7-9-32-10-8-26)24-21(29)15-12-23-27-17-4-2-1-3-14(17)20(28)25-19(15)27/h1-6,11-12H,7-10H2,(H,24,29)(H,25,28). The Labute approximate surface area is 186 Å². The van der Waals surface area contributed by atoms with Crippen molar-refractivity contribution in [3.8, 4) is 0 Å². The number of carbonyl (C=O) groups is 1. The number of nitrogens with zero attached hydrogens (tertiary/aromatic N) is 3. The van der Waals surface area contributed by atoms with Gasteiger partial charge in [0.25, 0.3) is 11.5 Å². The number of rotatable bonds is 4. The maximum absolute atomic E-state index is 14.4. The zero-order valence-corrected chi connectivity index (χ0v) is 17.9. The minimum absolute atomic E-state index is 0.0692. The van der Waals surface area contributed by atoms with Gasteiger partial charge in [-0.3, -0.25) is 9.59 Å². The Hall–Kier alpha value is -3.61. The first kappa shape index (κ1) is 21.2. The molecule has 0 spiro atoms. The Bertz CT molecular complexity index is 1560. The second-order valence-electron chi connectivity index (χ2n) is 7.41. The molecule has 3 heterocycles. The molecule has 0 aliphatic carbocycles. The highest BCUT2D eigenvalue weighted by molar-refractivity contribution is 7.89. The molecule has 12 heteroatoms. The van der Waals surface area contributed by atoms with E-state index in [1.165, 1.54) is 16.8 Å². The average molecular weight is 471 g/mol. The highest BCUT2D eigenvalue weighted by Crippen LogP contribution is 2.24. The molecule has 0 saturated carbocycles. The maximum atomic E-state index is 14.4. The van der Waals surface area contributed by atoms with E-state index in [4.69, 9.17) is 4.74 Å². The molecule has 33 heavy (non-hydrogen) atoms. The zero-order chi connectivity index (χ0) is 23.2. The van der Waals surface area contributed by atoms with E-state index in [9.17, 15) is 22.4 Å². The number of amides is 1. The highest BCUT2D eigenvalue weighted by Gasteiger charge is 2.29. The Morgan fingerprint density at radius 1 is 1.15 bits per heavy atom. The molecule has 2 aromatic heterocycles. The van der Waals surface area contributed by atoms with E-state index < -0.39 is 26.6 Å². The van der Waals surface area contributed by atoms with Crippen molar-refractivity contribution in [2.75, 3.05) is 31.6 Å². The molecule has 5 rings (SSSR count). The second kappa shape index (κ2) is 8.06. The van der Waals surface area contributed by atoms with Crippen molar-refractivity contribution in [3.63, 3.8) is 0 Å². The summed E-state index contributed by atoms with van der Waals surface area (Å²) >= 11 is 0. The number of carbonyl (C=O) groups excluding carboxylic acids is 1. The Morgan fingerprint density at radius 2 is 1.91 bits per heavy atom. The molecule has 1 saturated heterocycles. The zero-order valence-electron chi connectivity index (χ0n) is 17.1. The van der Waals surface area contributed by atoms with Gasteiger partial charge in [-0.05, 0) is 30.3 Å². The van der Waals surface area contributed by atoms with Crippen LogP contribution in [-0.4, -0.2) is 59.5 Å². The first-order valence-corrected chi connectivity index (χ1v) is 11.5. The van der Waals surface area contributed by atoms with Gasteiger partial charge < -0.3 is 15.0 Å². The van der Waals surface area contributed by atoms with E-state index in [-0.39, 0.29) is 48.8 Å². The summed E-state index contributed by atoms with van der Waals surface area (Å²) in [6.07, 6.45) is 1.29. The van der Waals surface area contributed by atoms with Crippen molar-refractivity contribution >= 4 is 38.2 Å². The number of hydrogen-bond acceptors (Lipinski definition) is 6. The Balaban J connectivity index is 1.49. The number of nitrogens with one attached hydrogen (secondary N) is 2. The number of morpholine rings is 1. The summed E-state index contributed by atoms with van der Waals surface area (Å²) in [5.41, 5.74) is 0.472. The van der Waals surface area contributed by atoms with E-state index >= 15 is 0 Å². The molecule has 2 N–H and O–H groups in total. The number of ether oxygens (including phenoxy) is 1. The topological polar surface area (TPSA) is 126 Å². The van der Waals surface area contributed by atoms with Crippen molar-refractivity contribution in [3.05, 3.63) is 70.4 Å². The number of aromatic amines is 1. The van der Waals surface area contributed by atoms with Gasteiger partial charge in [-0.2, -0.15) is 9.40 Å². The van der Waals surface area contributed by atoms with Gasteiger partial charge in [0.1, 0.15) is 21.9 Å². The monoisotopic (exact) mass is 471 g/mol. The normalized spacial score (nSPS) is 15.2. The van der Waals surface area contributed by atoms with Gasteiger partial charge in [-0.1, -0.05) is 12.1 Å². The van der Waals surface area contributed by atoms with Gasteiger partial charge in [0.2, 0.25) is 10.0 Å². The van der Waals surface area contributed by atoms with Crippen LogP contribution < -0.4 is 10.9 Å². The fourth-order valence-corrected chi connectivity index (χ4v) is 5.24. The van der Waals surface area contributed by atoms with Gasteiger partial charge in [0, 0.05) is 18.8 Å². The summed E-state index contributed by atoms with van der Waals surface area (Å²) in [5.74, 6) is -1.57. The summed E-state index contributed by atoms with van der Waals surface area (Å²) in [7, 11) is -4.11. The molecular formula is C21H18FN5O5S. The third-order valence-corrected chi connectivity index (χ3v) is 7.31. The predicted molar refractivity (Wildman–Crippen MR) is 117 cm³/mol. The van der Waals surface area contributed by atoms with Crippen LogP contribution in [0.3, 0.4) is 0 Å². The lowest BCUT2D eigenvalue weighted by Crippen LogP contribution is -2.40. The number of para-hydroxylation sites is 1. The summed E-state index contributed by atoms with van der Waals surface area (Å²) < 4.78 is 47.9. The van der Waals surface area contributed by atoms with Crippen molar-refractivity contribution in [2.24, 2.45) is 0 Å². The van der Waals surface area contributed by atoms with Crippen LogP contribution in [0.1, 0.15) is 10.4 Å². The van der Waals surface area contributed by atoms with E-state index in [1.54, 1.807) is 24.3 Å². The highest BCUT2D eigenvalue weighted by atomic mass is 32.2. The number of anilines is 1. The second-order valence-corrected chi connectivity index (χ2v) is 9.31. The number of benzene rings is 2. The van der Waals surface area contributed by atoms with E-state index in [0.717, 1.165) is 16.4 Å². The van der Waals surface area contributed by atoms with Gasteiger partial charge in [-0.25, -0.2) is 17.3 Å². The van der Waals surface area contributed by atoms with Gasteiger partial charge in [0.05, 0.1) is 30.3 Å². The van der Waals surface area contributed by atoms with E-state index in [1.807, 2.05) is 0 Å². The third kappa shape index (κ3) is 3.67. The molecule has 1 aliphatic heterocycles. The average Bonchev–Trinajstić information content (AvgIpc) is 3.25. The number of halogens is 1. The van der Waals surface area contributed by atoms with Gasteiger partial charge >= 0.3 is 0 Å². The SMILES string of the molecule is O=C(Nc1ccc(F)c(S(=O)(=O)N2CCOCC2)c1)c1cnn2c1[nH]c(=O)c1ccccc12. The molecule has 10 nitrogen and oxygen atoms in total. The van der Waals surface area contributed by atoms with Crippen molar-refractivity contribution < 1.29 is 22.3 Å². The Morgan fingerprint density at radius 3 is 2.70 bits per heavy atom. The van der Waals surface area contributed by atoms with Crippen molar-refractivity contribution in [2.45, 2.75) is 4.90 Å². The van der Waals surface area contributed by atoms with Crippen LogP contribution in [-0.2, 0) is 14.8 Å². The first-order chi connectivity index (χ1) is 15.9.